The minimum Gasteiger partial charge on any atom is -0.334 e. The number of hydrogen-bond acceptors (Lipinski definition) is 5. The van der Waals surface area contributed by atoms with Gasteiger partial charge in [0.05, 0.1) is 12.1 Å². The Morgan fingerprint density at radius 1 is 1.35 bits per heavy atom. The third kappa shape index (κ3) is 3.24. The minimum absolute atomic E-state index is 0.426. The highest BCUT2D eigenvalue weighted by Gasteiger charge is 2.27. The van der Waals surface area contributed by atoms with Crippen LogP contribution in [0.4, 0.5) is 0 Å². The summed E-state index contributed by atoms with van der Waals surface area (Å²) in [6, 6.07) is 11.0. The average molecular weight is 390 g/mol. The van der Waals surface area contributed by atoms with E-state index in [1.54, 1.807) is 11.3 Å². The number of thiophene rings is 1. The van der Waals surface area contributed by atoms with E-state index in [0.29, 0.717) is 11.9 Å². The highest BCUT2D eigenvalue weighted by atomic mass is 79.9. The standard InChI is InChI=1S/C17H16BrN3OS/c18-14-4-1-3-12(9-14)15-5-2-7-21(15)10-16-19-17(22-20-16)13-6-8-23-11-13/h1,3-4,6,8-9,11,15H,2,5,7,10H2. The van der Waals surface area contributed by atoms with Crippen LogP contribution in [0.5, 0.6) is 0 Å². The highest BCUT2D eigenvalue weighted by molar-refractivity contribution is 9.10. The van der Waals surface area contributed by atoms with Crippen LogP contribution < -0.4 is 0 Å². The van der Waals surface area contributed by atoms with Gasteiger partial charge in [-0.1, -0.05) is 33.2 Å². The van der Waals surface area contributed by atoms with Crippen molar-refractivity contribution >= 4 is 27.3 Å². The summed E-state index contributed by atoms with van der Waals surface area (Å²) >= 11 is 5.20. The number of halogens is 1. The maximum absolute atomic E-state index is 5.39. The molecule has 1 aromatic carbocycles. The molecule has 0 saturated carbocycles. The molecule has 1 aliphatic heterocycles. The Bertz CT molecular complexity index is 787. The zero-order chi connectivity index (χ0) is 15.6. The molecule has 118 valence electrons. The predicted molar refractivity (Wildman–Crippen MR) is 94.1 cm³/mol. The summed E-state index contributed by atoms with van der Waals surface area (Å²) in [5.74, 6) is 1.37. The van der Waals surface area contributed by atoms with E-state index < -0.39 is 0 Å². The fraction of sp³-hybridized carbons (Fsp3) is 0.294. The lowest BCUT2D eigenvalue weighted by atomic mass is 10.0. The number of hydrogen-bond donors (Lipinski definition) is 0. The van der Waals surface area contributed by atoms with Crippen molar-refractivity contribution in [2.45, 2.75) is 25.4 Å². The summed E-state index contributed by atoms with van der Waals surface area (Å²) in [6.45, 7) is 1.80. The number of benzene rings is 1. The van der Waals surface area contributed by atoms with Crippen LogP contribution >= 0.6 is 27.3 Å². The normalized spacial score (nSPS) is 18.6. The van der Waals surface area contributed by atoms with E-state index in [2.05, 4.69) is 55.2 Å². The van der Waals surface area contributed by atoms with Crippen LogP contribution in [0, 0.1) is 0 Å². The molecule has 0 radical (unpaired) electrons. The van der Waals surface area contributed by atoms with Crippen molar-refractivity contribution in [1.29, 1.82) is 0 Å². The largest absolute Gasteiger partial charge is 0.334 e. The molecule has 1 aliphatic rings. The van der Waals surface area contributed by atoms with Crippen molar-refractivity contribution in [1.82, 2.24) is 15.0 Å². The van der Waals surface area contributed by atoms with E-state index in [0.717, 1.165) is 29.0 Å². The molecular weight excluding hydrogens is 374 g/mol. The molecular formula is C17H16BrN3OS. The second kappa shape index (κ2) is 6.55. The van der Waals surface area contributed by atoms with Crippen molar-refractivity contribution in [3.8, 4) is 11.5 Å². The quantitative estimate of drug-likeness (QED) is 0.636. The second-order valence-electron chi connectivity index (χ2n) is 5.71. The molecule has 23 heavy (non-hydrogen) atoms. The Morgan fingerprint density at radius 2 is 2.30 bits per heavy atom. The molecule has 0 spiro atoms. The lowest BCUT2D eigenvalue weighted by molar-refractivity contribution is 0.238. The minimum atomic E-state index is 0.426. The molecule has 2 aromatic heterocycles. The highest BCUT2D eigenvalue weighted by Crippen LogP contribution is 2.34. The van der Waals surface area contributed by atoms with E-state index in [-0.39, 0.29) is 0 Å². The van der Waals surface area contributed by atoms with Crippen LogP contribution in [-0.2, 0) is 6.54 Å². The summed E-state index contributed by atoms with van der Waals surface area (Å²) < 4.78 is 6.52. The summed E-state index contributed by atoms with van der Waals surface area (Å²) in [6.07, 6.45) is 2.37. The zero-order valence-electron chi connectivity index (χ0n) is 12.5. The number of rotatable bonds is 4. The Hall–Kier alpha value is -1.50. The number of aromatic nitrogens is 2. The molecule has 0 bridgehead atoms. The molecule has 4 rings (SSSR count). The molecule has 3 aromatic rings. The maximum atomic E-state index is 5.39. The van der Waals surface area contributed by atoms with Gasteiger partial charge in [0.1, 0.15) is 0 Å². The van der Waals surface area contributed by atoms with Gasteiger partial charge in [0.2, 0.25) is 0 Å². The van der Waals surface area contributed by atoms with Gasteiger partial charge in [0.25, 0.3) is 5.89 Å². The molecule has 1 fully saturated rings. The molecule has 1 atom stereocenters. The Morgan fingerprint density at radius 3 is 3.13 bits per heavy atom. The first-order valence-corrected chi connectivity index (χ1v) is 9.38. The van der Waals surface area contributed by atoms with E-state index >= 15 is 0 Å². The van der Waals surface area contributed by atoms with Gasteiger partial charge in [0, 0.05) is 15.9 Å². The molecule has 0 aliphatic carbocycles. The molecule has 1 saturated heterocycles. The third-order valence-electron chi connectivity index (χ3n) is 4.18. The van der Waals surface area contributed by atoms with E-state index in [1.807, 2.05) is 16.8 Å². The maximum Gasteiger partial charge on any atom is 0.258 e. The number of nitrogens with zero attached hydrogens (tertiary/aromatic N) is 3. The van der Waals surface area contributed by atoms with Crippen molar-refractivity contribution in [3.63, 3.8) is 0 Å². The Labute approximate surface area is 147 Å². The van der Waals surface area contributed by atoms with Crippen LogP contribution in [0.25, 0.3) is 11.5 Å². The second-order valence-corrected chi connectivity index (χ2v) is 7.41. The van der Waals surface area contributed by atoms with Crippen LogP contribution in [-0.4, -0.2) is 21.6 Å². The van der Waals surface area contributed by atoms with Crippen molar-refractivity contribution in [3.05, 3.63) is 57.0 Å². The first-order valence-electron chi connectivity index (χ1n) is 7.64. The summed E-state index contributed by atoms with van der Waals surface area (Å²) in [5.41, 5.74) is 2.34. The van der Waals surface area contributed by atoms with Gasteiger partial charge in [-0.3, -0.25) is 4.90 Å². The Balaban J connectivity index is 1.52. The van der Waals surface area contributed by atoms with Gasteiger partial charge >= 0.3 is 0 Å². The van der Waals surface area contributed by atoms with Gasteiger partial charge in [0.15, 0.2) is 5.82 Å². The van der Waals surface area contributed by atoms with Crippen molar-refractivity contribution in [2.75, 3.05) is 6.54 Å². The summed E-state index contributed by atoms with van der Waals surface area (Å²) in [5, 5.41) is 8.19. The Kier molecular flexibility index (Phi) is 4.29. The number of likely N-dealkylation sites (tertiary alicyclic amines) is 1. The summed E-state index contributed by atoms with van der Waals surface area (Å²) in [4.78, 5) is 6.97. The van der Waals surface area contributed by atoms with E-state index in [9.17, 15) is 0 Å². The van der Waals surface area contributed by atoms with Gasteiger partial charge < -0.3 is 4.52 Å². The average Bonchev–Trinajstić information content (AvgIpc) is 3.29. The van der Waals surface area contributed by atoms with Gasteiger partial charge in [-0.2, -0.15) is 16.3 Å². The smallest absolute Gasteiger partial charge is 0.258 e. The van der Waals surface area contributed by atoms with Gasteiger partial charge in [-0.05, 0) is 48.5 Å². The van der Waals surface area contributed by atoms with Crippen LogP contribution in [0.1, 0.15) is 30.3 Å². The SMILES string of the molecule is Brc1cccc(C2CCCN2Cc2noc(-c3ccsc3)n2)c1. The lowest BCUT2D eigenvalue weighted by Crippen LogP contribution is -2.23. The fourth-order valence-electron chi connectivity index (χ4n) is 3.11. The van der Waals surface area contributed by atoms with Gasteiger partial charge in [-0.15, -0.1) is 0 Å². The first kappa shape index (κ1) is 15.1. The predicted octanol–water partition coefficient (Wildman–Crippen LogP) is 4.90. The molecule has 3 heterocycles. The topological polar surface area (TPSA) is 42.2 Å². The van der Waals surface area contributed by atoms with E-state index in [4.69, 9.17) is 4.52 Å². The van der Waals surface area contributed by atoms with Crippen molar-refractivity contribution in [2.24, 2.45) is 0 Å². The van der Waals surface area contributed by atoms with Crippen LogP contribution in [0.3, 0.4) is 0 Å². The summed E-state index contributed by atoms with van der Waals surface area (Å²) in [7, 11) is 0. The molecule has 0 N–H and O–H groups in total. The first-order chi connectivity index (χ1) is 11.3. The molecule has 0 amide bonds. The van der Waals surface area contributed by atoms with Crippen LogP contribution in [0.2, 0.25) is 0 Å². The van der Waals surface area contributed by atoms with Crippen molar-refractivity contribution < 1.29 is 4.52 Å². The zero-order valence-corrected chi connectivity index (χ0v) is 14.9. The molecule has 1 unspecified atom stereocenters. The van der Waals surface area contributed by atoms with E-state index in [1.165, 1.54) is 18.4 Å². The monoisotopic (exact) mass is 389 g/mol. The third-order valence-corrected chi connectivity index (χ3v) is 5.35. The molecule has 6 heteroatoms. The molecule has 4 nitrogen and oxygen atoms in total. The fourth-order valence-corrected chi connectivity index (χ4v) is 4.16. The lowest BCUT2D eigenvalue weighted by Gasteiger charge is -2.23. The van der Waals surface area contributed by atoms with Crippen LogP contribution in [0.15, 0.2) is 50.1 Å². The van der Waals surface area contributed by atoms with Gasteiger partial charge in [-0.25, -0.2) is 0 Å².